The Bertz CT molecular complexity index is 582. The minimum absolute atomic E-state index is 0.798. The number of hydrogen-bond donors (Lipinski definition) is 0. The van der Waals surface area contributed by atoms with Gasteiger partial charge in [0.2, 0.25) is 0 Å². The first kappa shape index (κ1) is 10.6. The highest BCUT2D eigenvalue weighted by Gasteiger charge is 2.13. The normalized spacial score (nSPS) is 14.1. The van der Waals surface area contributed by atoms with E-state index in [1.807, 2.05) is 18.2 Å². The van der Waals surface area contributed by atoms with Crippen LogP contribution in [-0.4, -0.2) is 0 Å². The van der Waals surface area contributed by atoms with Crippen molar-refractivity contribution >= 4 is 17.2 Å². The molecule has 0 atom stereocenters. The van der Waals surface area contributed by atoms with Crippen LogP contribution >= 0.6 is 11.6 Å². The highest BCUT2D eigenvalue weighted by atomic mass is 35.5. The first-order chi connectivity index (χ1) is 8.34. The Labute approximate surface area is 107 Å². The van der Waals surface area contributed by atoms with Crippen LogP contribution in [0.3, 0.4) is 0 Å². The van der Waals surface area contributed by atoms with Crippen molar-refractivity contribution in [2.75, 3.05) is 0 Å². The van der Waals surface area contributed by atoms with Gasteiger partial charge < -0.3 is 0 Å². The Kier molecular flexibility index (Phi) is 2.74. The second-order valence-electron chi connectivity index (χ2n) is 4.32. The van der Waals surface area contributed by atoms with Gasteiger partial charge in [-0.25, -0.2) is 0 Å². The predicted molar refractivity (Wildman–Crippen MR) is 73.3 cm³/mol. The molecule has 1 aliphatic rings. The maximum atomic E-state index is 6.06. The van der Waals surface area contributed by atoms with Crippen LogP contribution < -0.4 is 0 Å². The van der Waals surface area contributed by atoms with Gasteiger partial charge in [0.15, 0.2) is 0 Å². The fourth-order valence-electron chi connectivity index (χ4n) is 2.41. The van der Waals surface area contributed by atoms with Crippen molar-refractivity contribution in [1.29, 1.82) is 0 Å². The molecule has 0 aromatic heterocycles. The summed E-state index contributed by atoms with van der Waals surface area (Å²) >= 11 is 6.06. The molecular formula is C16H13Cl. The number of fused-ring (bicyclic) bond motifs is 1. The van der Waals surface area contributed by atoms with Crippen LogP contribution in [0.25, 0.3) is 5.57 Å². The number of benzene rings is 2. The highest BCUT2D eigenvalue weighted by molar-refractivity contribution is 6.30. The van der Waals surface area contributed by atoms with E-state index in [0.29, 0.717) is 0 Å². The Morgan fingerprint density at radius 3 is 2.71 bits per heavy atom. The van der Waals surface area contributed by atoms with Gasteiger partial charge >= 0.3 is 0 Å². The molecule has 84 valence electrons. The minimum Gasteiger partial charge on any atom is -0.0843 e. The molecule has 0 saturated heterocycles. The van der Waals surface area contributed by atoms with E-state index in [0.717, 1.165) is 17.9 Å². The third kappa shape index (κ3) is 2.01. The van der Waals surface area contributed by atoms with Gasteiger partial charge in [0, 0.05) is 5.02 Å². The average Bonchev–Trinajstić information content (AvgIpc) is 2.38. The van der Waals surface area contributed by atoms with Crippen LogP contribution in [0.4, 0.5) is 0 Å². The van der Waals surface area contributed by atoms with E-state index in [9.17, 15) is 0 Å². The fraction of sp³-hybridized carbons (Fsp3) is 0.125. The summed E-state index contributed by atoms with van der Waals surface area (Å²) in [5, 5.41) is 0.798. The van der Waals surface area contributed by atoms with Crippen LogP contribution in [0.1, 0.15) is 23.1 Å². The van der Waals surface area contributed by atoms with E-state index < -0.39 is 0 Å². The zero-order valence-corrected chi connectivity index (χ0v) is 10.2. The molecule has 0 fully saturated rings. The standard InChI is InChI=1S/C16H13Cl/c17-14-8-3-7-13(11-14)16-10-4-6-12-5-1-2-9-15(12)16/h1-3,5,7-11H,4,6H2. The van der Waals surface area contributed by atoms with Crippen LogP contribution in [0.15, 0.2) is 54.6 Å². The Balaban J connectivity index is 2.13. The van der Waals surface area contributed by atoms with E-state index in [1.54, 1.807) is 0 Å². The van der Waals surface area contributed by atoms with Crippen molar-refractivity contribution in [1.82, 2.24) is 0 Å². The maximum Gasteiger partial charge on any atom is 0.0412 e. The van der Waals surface area contributed by atoms with Gasteiger partial charge in [-0.15, -0.1) is 0 Å². The van der Waals surface area contributed by atoms with E-state index in [1.165, 1.54) is 22.3 Å². The van der Waals surface area contributed by atoms with Crippen molar-refractivity contribution in [3.8, 4) is 0 Å². The van der Waals surface area contributed by atoms with Crippen molar-refractivity contribution < 1.29 is 0 Å². The molecule has 0 heterocycles. The lowest BCUT2D eigenvalue weighted by molar-refractivity contribution is 0.978. The van der Waals surface area contributed by atoms with Crippen molar-refractivity contribution in [2.24, 2.45) is 0 Å². The van der Waals surface area contributed by atoms with Gasteiger partial charge in [-0.1, -0.05) is 54.1 Å². The van der Waals surface area contributed by atoms with Crippen LogP contribution in [0, 0.1) is 0 Å². The maximum absolute atomic E-state index is 6.06. The summed E-state index contributed by atoms with van der Waals surface area (Å²) in [4.78, 5) is 0. The van der Waals surface area contributed by atoms with E-state index in [2.05, 4.69) is 36.4 Å². The second-order valence-corrected chi connectivity index (χ2v) is 4.76. The number of aryl methyl sites for hydroxylation is 1. The summed E-state index contributed by atoms with van der Waals surface area (Å²) in [6.07, 6.45) is 4.56. The molecule has 1 aliphatic carbocycles. The van der Waals surface area contributed by atoms with Gasteiger partial charge in [0.25, 0.3) is 0 Å². The third-order valence-corrected chi connectivity index (χ3v) is 3.44. The Hall–Kier alpha value is -1.53. The topological polar surface area (TPSA) is 0 Å². The van der Waals surface area contributed by atoms with Gasteiger partial charge in [-0.2, -0.15) is 0 Å². The largest absolute Gasteiger partial charge is 0.0843 e. The summed E-state index contributed by atoms with van der Waals surface area (Å²) in [5.74, 6) is 0. The third-order valence-electron chi connectivity index (χ3n) is 3.21. The summed E-state index contributed by atoms with van der Waals surface area (Å²) in [6, 6.07) is 16.7. The van der Waals surface area contributed by atoms with E-state index >= 15 is 0 Å². The first-order valence-electron chi connectivity index (χ1n) is 5.89. The molecule has 0 spiro atoms. The minimum atomic E-state index is 0.798. The van der Waals surface area contributed by atoms with Crippen molar-refractivity contribution in [3.05, 3.63) is 76.3 Å². The summed E-state index contributed by atoms with van der Waals surface area (Å²) in [7, 11) is 0. The lowest BCUT2D eigenvalue weighted by atomic mass is 9.87. The van der Waals surface area contributed by atoms with Gasteiger partial charge in [0.05, 0.1) is 0 Å². The highest BCUT2D eigenvalue weighted by Crippen LogP contribution is 2.32. The lowest BCUT2D eigenvalue weighted by Gasteiger charge is -2.18. The summed E-state index contributed by atoms with van der Waals surface area (Å²) in [5.41, 5.74) is 5.31. The molecular weight excluding hydrogens is 228 g/mol. The van der Waals surface area contributed by atoms with Crippen molar-refractivity contribution in [3.63, 3.8) is 0 Å². The molecule has 17 heavy (non-hydrogen) atoms. The van der Waals surface area contributed by atoms with Gasteiger partial charge in [-0.3, -0.25) is 0 Å². The molecule has 0 saturated carbocycles. The molecule has 0 unspecified atom stereocenters. The quantitative estimate of drug-likeness (QED) is 0.677. The van der Waals surface area contributed by atoms with Crippen LogP contribution in [0.2, 0.25) is 5.02 Å². The summed E-state index contributed by atoms with van der Waals surface area (Å²) in [6.45, 7) is 0. The number of rotatable bonds is 1. The molecule has 2 aromatic carbocycles. The molecule has 3 rings (SSSR count). The number of halogens is 1. The molecule has 2 aromatic rings. The Morgan fingerprint density at radius 2 is 1.82 bits per heavy atom. The van der Waals surface area contributed by atoms with Crippen LogP contribution in [-0.2, 0) is 6.42 Å². The molecule has 0 amide bonds. The van der Waals surface area contributed by atoms with Crippen molar-refractivity contribution in [2.45, 2.75) is 12.8 Å². The first-order valence-corrected chi connectivity index (χ1v) is 6.27. The zero-order valence-electron chi connectivity index (χ0n) is 9.49. The number of hydrogen-bond acceptors (Lipinski definition) is 0. The molecule has 0 radical (unpaired) electrons. The molecule has 1 heteroatoms. The van der Waals surface area contributed by atoms with E-state index in [-0.39, 0.29) is 0 Å². The fourth-order valence-corrected chi connectivity index (χ4v) is 2.60. The molecule has 0 nitrogen and oxygen atoms in total. The lowest BCUT2D eigenvalue weighted by Crippen LogP contribution is -2.00. The van der Waals surface area contributed by atoms with Gasteiger partial charge in [-0.05, 0) is 47.2 Å². The monoisotopic (exact) mass is 240 g/mol. The van der Waals surface area contributed by atoms with E-state index in [4.69, 9.17) is 11.6 Å². The second kappa shape index (κ2) is 4.38. The molecule has 0 aliphatic heterocycles. The summed E-state index contributed by atoms with van der Waals surface area (Å²) < 4.78 is 0. The number of allylic oxidation sites excluding steroid dienone is 1. The SMILES string of the molecule is Clc1cccc(C2=CCCc3ccccc32)c1. The molecule has 0 bridgehead atoms. The smallest absolute Gasteiger partial charge is 0.0412 e. The van der Waals surface area contributed by atoms with Crippen LogP contribution in [0.5, 0.6) is 0 Å². The zero-order chi connectivity index (χ0) is 11.7. The molecule has 0 N–H and O–H groups in total. The predicted octanol–water partition coefficient (Wildman–Crippen LogP) is 4.72. The average molecular weight is 241 g/mol. The Morgan fingerprint density at radius 1 is 0.941 bits per heavy atom. The van der Waals surface area contributed by atoms with Gasteiger partial charge in [0.1, 0.15) is 0 Å².